The van der Waals surface area contributed by atoms with Crippen molar-refractivity contribution in [3.63, 3.8) is 0 Å². The first kappa shape index (κ1) is 10.1. The maximum atomic E-state index is 3.91. The molecule has 0 saturated heterocycles. The van der Waals surface area contributed by atoms with Gasteiger partial charge < -0.3 is 5.32 Å². The van der Waals surface area contributed by atoms with Gasteiger partial charge in [0, 0.05) is 12.1 Å². The minimum atomic E-state index is 0.880. The van der Waals surface area contributed by atoms with Crippen molar-refractivity contribution in [1.82, 2.24) is 5.32 Å². The van der Waals surface area contributed by atoms with Crippen LogP contribution < -0.4 is 5.32 Å². The lowest BCUT2D eigenvalue weighted by atomic mass is 9.82. The van der Waals surface area contributed by atoms with Gasteiger partial charge in [0.2, 0.25) is 0 Å². The molecule has 0 bridgehead atoms. The molecule has 1 heteroatoms. The first-order valence-electron chi connectivity index (χ1n) is 7.13. The van der Waals surface area contributed by atoms with Crippen molar-refractivity contribution in [3.05, 3.63) is 0 Å². The second kappa shape index (κ2) is 4.08. The van der Waals surface area contributed by atoms with Crippen molar-refractivity contribution in [3.8, 4) is 0 Å². The van der Waals surface area contributed by atoms with Crippen molar-refractivity contribution in [1.29, 1.82) is 0 Å². The lowest BCUT2D eigenvalue weighted by Crippen LogP contribution is -2.36. The van der Waals surface area contributed by atoms with Gasteiger partial charge in [-0.15, -0.1) is 0 Å². The van der Waals surface area contributed by atoms with Crippen molar-refractivity contribution >= 4 is 0 Å². The molecule has 0 spiro atoms. The maximum absolute atomic E-state index is 3.91. The van der Waals surface area contributed by atoms with Gasteiger partial charge in [-0.05, 0) is 49.9 Å². The molecule has 3 fully saturated rings. The zero-order valence-electron chi connectivity index (χ0n) is 10.0. The van der Waals surface area contributed by atoms with E-state index in [2.05, 4.69) is 12.2 Å². The van der Waals surface area contributed by atoms with E-state index in [1.54, 1.807) is 12.8 Å². The highest BCUT2D eigenvalue weighted by Crippen LogP contribution is 2.44. The second-order valence-electron chi connectivity index (χ2n) is 6.14. The average Bonchev–Trinajstić information content (AvgIpc) is 3.14. The molecule has 0 aromatic heterocycles. The normalized spacial score (nSPS) is 45.4. The van der Waals surface area contributed by atoms with Crippen molar-refractivity contribution in [2.75, 3.05) is 0 Å². The fourth-order valence-electron chi connectivity index (χ4n) is 3.58. The number of nitrogens with one attached hydrogen (secondary N) is 1. The van der Waals surface area contributed by atoms with Crippen LogP contribution in [0.2, 0.25) is 0 Å². The van der Waals surface area contributed by atoms with Crippen LogP contribution >= 0.6 is 0 Å². The van der Waals surface area contributed by atoms with E-state index in [0.29, 0.717) is 0 Å². The molecule has 0 heterocycles. The van der Waals surface area contributed by atoms with Crippen molar-refractivity contribution < 1.29 is 0 Å². The molecule has 3 rings (SSSR count). The predicted molar refractivity (Wildman–Crippen MR) is 63.8 cm³/mol. The maximum Gasteiger partial charge on any atom is 0.0102 e. The minimum Gasteiger partial charge on any atom is -0.311 e. The van der Waals surface area contributed by atoms with Gasteiger partial charge in [0.25, 0.3) is 0 Å². The molecule has 0 aromatic rings. The fraction of sp³-hybridized carbons (Fsp3) is 1.00. The monoisotopic (exact) mass is 207 g/mol. The number of hydrogen-bond acceptors (Lipinski definition) is 1. The third kappa shape index (κ3) is 2.38. The molecular formula is C14H25N. The molecule has 1 N–H and O–H groups in total. The Bertz CT molecular complexity index is 221. The minimum absolute atomic E-state index is 0.880. The van der Waals surface area contributed by atoms with Crippen LogP contribution in [0.1, 0.15) is 58.3 Å². The van der Waals surface area contributed by atoms with Crippen LogP contribution in [0, 0.1) is 17.8 Å². The Morgan fingerprint density at radius 3 is 2.53 bits per heavy atom. The van der Waals surface area contributed by atoms with Crippen molar-refractivity contribution in [2.24, 2.45) is 17.8 Å². The van der Waals surface area contributed by atoms with Crippen molar-refractivity contribution in [2.45, 2.75) is 70.4 Å². The molecule has 4 unspecified atom stereocenters. The molecule has 3 saturated carbocycles. The highest BCUT2D eigenvalue weighted by atomic mass is 15.0. The first-order valence-corrected chi connectivity index (χ1v) is 7.13. The van der Waals surface area contributed by atoms with Crippen LogP contribution in [-0.4, -0.2) is 12.1 Å². The van der Waals surface area contributed by atoms with Gasteiger partial charge in [-0.1, -0.05) is 26.2 Å². The zero-order chi connectivity index (χ0) is 10.3. The summed E-state index contributed by atoms with van der Waals surface area (Å²) < 4.78 is 0. The summed E-state index contributed by atoms with van der Waals surface area (Å²) >= 11 is 0. The van der Waals surface area contributed by atoms with Crippen LogP contribution in [0.25, 0.3) is 0 Å². The number of hydrogen-bond donors (Lipinski definition) is 1. The van der Waals surface area contributed by atoms with Gasteiger partial charge in [0.05, 0.1) is 0 Å². The van der Waals surface area contributed by atoms with Crippen LogP contribution in [0.3, 0.4) is 0 Å². The van der Waals surface area contributed by atoms with Crippen LogP contribution in [0.5, 0.6) is 0 Å². The van der Waals surface area contributed by atoms with Crippen LogP contribution in [-0.2, 0) is 0 Å². The Hall–Kier alpha value is -0.0400. The Kier molecular flexibility index (Phi) is 2.76. The summed E-state index contributed by atoms with van der Waals surface area (Å²) in [6, 6.07) is 1.78. The molecule has 0 radical (unpaired) electrons. The second-order valence-corrected chi connectivity index (χ2v) is 6.14. The fourth-order valence-corrected chi connectivity index (χ4v) is 3.58. The molecule has 0 amide bonds. The van der Waals surface area contributed by atoms with Gasteiger partial charge >= 0.3 is 0 Å². The van der Waals surface area contributed by atoms with E-state index < -0.39 is 0 Å². The summed E-state index contributed by atoms with van der Waals surface area (Å²) in [5, 5.41) is 3.91. The summed E-state index contributed by atoms with van der Waals surface area (Å²) in [6.45, 7) is 2.33. The summed E-state index contributed by atoms with van der Waals surface area (Å²) in [5.41, 5.74) is 0. The summed E-state index contributed by atoms with van der Waals surface area (Å²) in [4.78, 5) is 0. The predicted octanol–water partition coefficient (Wildman–Crippen LogP) is 3.34. The van der Waals surface area contributed by atoms with E-state index in [0.717, 1.165) is 29.8 Å². The molecular weight excluding hydrogens is 182 g/mol. The number of rotatable bonds is 4. The van der Waals surface area contributed by atoms with E-state index in [9.17, 15) is 0 Å². The Morgan fingerprint density at radius 1 is 1.00 bits per heavy atom. The average molecular weight is 207 g/mol. The third-order valence-electron chi connectivity index (χ3n) is 4.90. The van der Waals surface area contributed by atoms with Gasteiger partial charge in [-0.2, -0.15) is 0 Å². The van der Waals surface area contributed by atoms with Crippen LogP contribution in [0.4, 0.5) is 0 Å². The topological polar surface area (TPSA) is 12.0 Å². The Morgan fingerprint density at radius 2 is 1.87 bits per heavy atom. The standard InChI is InChI=1S/C14H25N/c1-2-10-9-14(10)15-13-5-3-4-12(8-13)11-6-7-11/h10-15H,2-9H2,1H3. The first-order chi connectivity index (χ1) is 7.36. The SMILES string of the molecule is CCC1CC1NC1CCCC(C2CC2)C1. The Labute approximate surface area is 94.0 Å². The summed E-state index contributed by atoms with van der Waals surface area (Å²) in [5.74, 6) is 3.25. The molecule has 4 atom stereocenters. The molecule has 3 aliphatic carbocycles. The highest BCUT2D eigenvalue weighted by Gasteiger charge is 2.39. The molecule has 0 aliphatic heterocycles. The van der Waals surface area contributed by atoms with Gasteiger partial charge in [0.1, 0.15) is 0 Å². The smallest absolute Gasteiger partial charge is 0.0102 e. The molecule has 86 valence electrons. The lowest BCUT2D eigenvalue weighted by molar-refractivity contribution is 0.257. The van der Waals surface area contributed by atoms with E-state index in [1.165, 1.54) is 38.5 Å². The lowest BCUT2D eigenvalue weighted by Gasteiger charge is -2.30. The Balaban J connectivity index is 1.45. The summed E-state index contributed by atoms with van der Waals surface area (Å²) in [6.07, 6.45) is 11.9. The third-order valence-corrected chi connectivity index (χ3v) is 4.90. The van der Waals surface area contributed by atoms with E-state index in [-0.39, 0.29) is 0 Å². The van der Waals surface area contributed by atoms with Gasteiger partial charge in [-0.25, -0.2) is 0 Å². The molecule has 15 heavy (non-hydrogen) atoms. The van der Waals surface area contributed by atoms with E-state index in [1.807, 2.05) is 0 Å². The quantitative estimate of drug-likeness (QED) is 0.745. The van der Waals surface area contributed by atoms with Crippen LogP contribution in [0.15, 0.2) is 0 Å². The van der Waals surface area contributed by atoms with Gasteiger partial charge in [-0.3, -0.25) is 0 Å². The summed E-state index contributed by atoms with van der Waals surface area (Å²) in [7, 11) is 0. The van der Waals surface area contributed by atoms with E-state index >= 15 is 0 Å². The van der Waals surface area contributed by atoms with E-state index in [4.69, 9.17) is 0 Å². The largest absolute Gasteiger partial charge is 0.311 e. The molecule has 0 aromatic carbocycles. The zero-order valence-corrected chi connectivity index (χ0v) is 10.0. The molecule has 1 nitrogen and oxygen atoms in total. The van der Waals surface area contributed by atoms with Gasteiger partial charge in [0.15, 0.2) is 0 Å². The highest BCUT2D eigenvalue weighted by molar-refractivity contribution is 4.96. The molecule has 3 aliphatic rings.